The molecule has 2 heterocycles. The lowest BCUT2D eigenvalue weighted by atomic mass is 9.93. The van der Waals surface area contributed by atoms with Crippen molar-refractivity contribution < 1.29 is 4.79 Å². The standard InChI is InChI=1S/C18H26N2O.ClH/c1-13-5-3-4-6-17(13)14(2)11-18(21)20-10-9-15-7-8-16(12-20)19-15;/h3-6,14-16,19H,7-12H2,1-2H3;1H. The maximum Gasteiger partial charge on any atom is 0.223 e. The molecule has 1 aromatic carbocycles. The number of nitrogens with one attached hydrogen (secondary N) is 1. The van der Waals surface area contributed by atoms with E-state index in [1.165, 1.54) is 24.0 Å². The summed E-state index contributed by atoms with van der Waals surface area (Å²) >= 11 is 0. The van der Waals surface area contributed by atoms with E-state index in [1.54, 1.807) is 0 Å². The molecule has 2 fully saturated rings. The van der Waals surface area contributed by atoms with Gasteiger partial charge in [-0.1, -0.05) is 31.2 Å². The number of carbonyl (C=O) groups excluding carboxylic acids is 1. The molecule has 0 aliphatic carbocycles. The van der Waals surface area contributed by atoms with E-state index in [0.29, 0.717) is 30.3 Å². The third-order valence-corrected chi connectivity index (χ3v) is 5.08. The molecule has 1 aromatic rings. The van der Waals surface area contributed by atoms with E-state index in [9.17, 15) is 4.79 Å². The lowest BCUT2D eigenvalue weighted by molar-refractivity contribution is -0.131. The van der Waals surface area contributed by atoms with Gasteiger partial charge in [-0.05, 0) is 43.2 Å². The highest BCUT2D eigenvalue weighted by Gasteiger charge is 2.31. The maximum absolute atomic E-state index is 12.6. The Morgan fingerprint density at radius 3 is 2.77 bits per heavy atom. The van der Waals surface area contributed by atoms with Crippen molar-refractivity contribution in [2.45, 2.75) is 57.5 Å². The monoisotopic (exact) mass is 322 g/mol. The van der Waals surface area contributed by atoms with Crippen molar-refractivity contribution in [3.05, 3.63) is 35.4 Å². The van der Waals surface area contributed by atoms with Gasteiger partial charge < -0.3 is 10.2 Å². The largest absolute Gasteiger partial charge is 0.341 e. The van der Waals surface area contributed by atoms with Crippen molar-refractivity contribution in [2.24, 2.45) is 0 Å². The minimum atomic E-state index is 0. The molecule has 1 amide bonds. The van der Waals surface area contributed by atoms with E-state index >= 15 is 0 Å². The summed E-state index contributed by atoms with van der Waals surface area (Å²) in [6.45, 7) is 6.12. The van der Waals surface area contributed by atoms with Crippen LogP contribution in [0.3, 0.4) is 0 Å². The molecular weight excluding hydrogens is 296 g/mol. The van der Waals surface area contributed by atoms with Crippen molar-refractivity contribution in [1.29, 1.82) is 0 Å². The van der Waals surface area contributed by atoms with E-state index in [4.69, 9.17) is 0 Å². The molecule has 22 heavy (non-hydrogen) atoms. The average molecular weight is 323 g/mol. The van der Waals surface area contributed by atoms with Gasteiger partial charge in [0.1, 0.15) is 0 Å². The second-order valence-electron chi connectivity index (χ2n) is 6.73. The van der Waals surface area contributed by atoms with E-state index in [0.717, 1.165) is 19.5 Å². The fourth-order valence-electron chi connectivity index (χ4n) is 3.81. The second kappa shape index (κ2) is 7.47. The van der Waals surface area contributed by atoms with Crippen LogP contribution in [0.2, 0.25) is 0 Å². The molecular formula is C18H27ClN2O. The Morgan fingerprint density at radius 1 is 1.27 bits per heavy atom. The number of nitrogens with zero attached hydrogens (tertiary/aromatic N) is 1. The Hall–Kier alpha value is -1.06. The van der Waals surface area contributed by atoms with Crippen LogP contribution in [0.25, 0.3) is 0 Å². The third-order valence-electron chi connectivity index (χ3n) is 5.08. The van der Waals surface area contributed by atoms with Crippen LogP contribution in [-0.2, 0) is 4.79 Å². The average Bonchev–Trinajstić information content (AvgIpc) is 2.78. The molecule has 0 saturated carbocycles. The van der Waals surface area contributed by atoms with Crippen LogP contribution >= 0.6 is 12.4 Å². The molecule has 2 saturated heterocycles. The predicted molar refractivity (Wildman–Crippen MR) is 92.6 cm³/mol. The summed E-state index contributed by atoms with van der Waals surface area (Å²) in [5, 5.41) is 3.64. The smallest absolute Gasteiger partial charge is 0.223 e. The Balaban J connectivity index is 0.00000176. The molecule has 3 nitrogen and oxygen atoms in total. The summed E-state index contributed by atoms with van der Waals surface area (Å²) in [7, 11) is 0. The third kappa shape index (κ3) is 3.82. The summed E-state index contributed by atoms with van der Waals surface area (Å²) in [6.07, 6.45) is 4.25. The van der Waals surface area contributed by atoms with E-state index in [1.807, 2.05) is 0 Å². The first kappa shape index (κ1) is 17.3. The zero-order valence-electron chi connectivity index (χ0n) is 13.5. The highest BCUT2D eigenvalue weighted by atomic mass is 35.5. The highest BCUT2D eigenvalue weighted by molar-refractivity contribution is 5.85. The van der Waals surface area contributed by atoms with Crippen molar-refractivity contribution in [3.63, 3.8) is 0 Å². The Morgan fingerprint density at radius 2 is 2.00 bits per heavy atom. The lowest BCUT2D eigenvalue weighted by Gasteiger charge is -2.26. The first-order valence-corrected chi connectivity index (χ1v) is 8.23. The molecule has 0 spiro atoms. The number of likely N-dealkylation sites (tertiary alicyclic amines) is 1. The Kier molecular flexibility index (Phi) is 5.87. The summed E-state index contributed by atoms with van der Waals surface area (Å²) < 4.78 is 0. The minimum Gasteiger partial charge on any atom is -0.341 e. The fourth-order valence-corrected chi connectivity index (χ4v) is 3.81. The van der Waals surface area contributed by atoms with Gasteiger partial charge in [-0.3, -0.25) is 4.79 Å². The molecule has 3 atom stereocenters. The quantitative estimate of drug-likeness (QED) is 0.926. The van der Waals surface area contributed by atoms with Crippen molar-refractivity contribution in [1.82, 2.24) is 10.2 Å². The Labute approximate surface area is 139 Å². The van der Waals surface area contributed by atoms with Crippen LogP contribution in [0, 0.1) is 6.92 Å². The highest BCUT2D eigenvalue weighted by Crippen LogP contribution is 2.25. The molecule has 122 valence electrons. The number of carbonyl (C=O) groups is 1. The van der Waals surface area contributed by atoms with Crippen molar-refractivity contribution >= 4 is 18.3 Å². The van der Waals surface area contributed by atoms with Gasteiger partial charge in [0.15, 0.2) is 0 Å². The summed E-state index contributed by atoms with van der Waals surface area (Å²) in [5.41, 5.74) is 2.59. The first-order chi connectivity index (χ1) is 10.1. The van der Waals surface area contributed by atoms with Gasteiger partial charge in [0.25, 0.3) is 0 Å². The number of fused-ring (bicyclic) bond motifs is 2. The van der Waals surface area contributed by atoms with Gasteiger partial charge in [-0.2, -0.15) is 0 Å². The van der Waals surface area contributed by atoms with Gasteiger partial charge >= 0.3 is 0 Å². The molecule has 0 aromatic heterocycles. The van der Waals surface area contributed by atoms with Gasteiger partial charge in [-0.25, -0.2) is 0 Å². The molecule has 4 heteroatoms. The molecule has 3 unspecified atom stereocenters. The number of rotatable bonds is 3. The number of benzene rings is 1. The number of aryl methyl sites for hydroxylation is 1. The van der Waals surface area contributed by atoms with E-state index in [-0.39, 0.29) is 12.4 Å². The lowest BCUT2D eigenvalue weighted by Crippen LogP contribution is -2.39. The topological polar surface area (TPSA) is 32.3 Å². The van der Waals surface area contributed by atoms with Gasteiger partial charge in [0.2, 0.25) is 5.91 Å². The van der Waals surface area contributed by atoms with Gasteiger partial charge in [-0.15, -0.1) is 12.4 Å². The number of halogens is 1. The molecule has 3 rings (SSSR count). The first-order valence-electron chi connectivity index (χ1n) is 8.23. The normalized spacial score (nSPS) is 25.3. The SMILES string of the molecule is Cc1ccccc1C(C)CC(=O)N1CCC2CCC(C1)N2.Cl. The molecule has 1 N–H and O–H groups in total. The molecule has 2 aliphatic rings. The van der Waals surface area contributed by atoms with E-state index < -0.39 is 0 Å². The van der Waals surface area contributed by atoms with Crippen LogP contribution in [0.1, 0.15) is 49.7 Å². The number of hydrogen-bond donors (Lipinski definition) is 1. The van der Waals surface area contributed by atoms with Crippen LogP contribution < -0.4 is 5.32 Å². The zero-order chi connectivity index (χ0) is 14.8. The number of amides is 1. The van der Waals surface area contributed by atoms with E-state index in [2.05, 4.69) is 48.3 Å². The van der Waals surface area contributed by atoms with Crippen molar-refractivity contribution in [3.8, 4) is 0 Å². The minimum absolute atomic E-state index is 0. The van der Waals surface area contributed by atoms with Crippen LogP contribution in [0.15, 0.2) is 24.3 Å². The second-order valence-corrected chi connectivity index (χ2v) is 6.73. The fraction of sp³-hybridized carbons (Fsp3) is 0.611. The van der Waals surface area contributed by atoms with Crippen LogP contribution in [0.5, 0.6) is 0 Å². The maximum atomic E-state index is 12.6. The summed E-state index contributed by atoms with van der Waals surface area (Å²) in [5.74, 6) is 0.618. The summed E-state index contributed by atoms with van der Waals surface area (Å²) in [6, 6.07) is 9.57. The Bertz CT molecular complexity index is 520. The van der Waals surface area contributed by atoms with Gasteiger partial charge in [0, 0.05) is 31.6 Å². The predicted octanol–water partition coefficient (Wildman–Crippen LogP) is 3.26. The van der Waals surface area contributed by atoms with Crippen LogP contribution in [0.4, 0.5) is 0 Å². The zero-order valence-corrected chi connectivity index (χ0v) is 14.4. The molecule has 2 aliphatic heterocycles. The van der Waals surface area contributed by atoms with Crippen LogP contribution in [-0.4, -0.2) is 36.0 Å². The summed E-state index contributed by atoms with van der Waals surface area (Å²) in [4.78, 5) is 14.7. The van der Waals surface area contributed by atoms with Gasteiger partial charge in [0.05, 0.1) is 0 Å². The molecule has 2 bridgehead atoms. The molecule has 0 radical (unpaired) electrons. The van der Waals surface area contributed by atoms with Crippen molar-refractivity contribution in [2.75, 3.05) is 13.1 Å². The number of hydrogen-bond acceptors (Lipinski definition) is 2.